The van der Waals surface area contributed by atoms with E-state index in [1.807, 2.05) is 30.5 Å². The molecule has 0 aliphatic heterocycles. The van der Waals surface area contributed by atoms with Gasteiger partial charge in [-0.05, 0) is 26.0 Å². The lowest BCUT2D eigenvalue weighted by atomic mass is 10.1. The first kappa shape index (κ1) is 13.7. The van der Waals surface area contributed by atoms with Gasteiger partial charge in [-0.1, -0.05) is 12.1 Å². The van der Waals surface area contributed by atoms with Crippen molar-refractivity contribution in [1.82, 2.24) is 10.3 Å². The smallest absolute Gasteiger partial charge is 0.251 e. The molecule has 1 unspecified atom stereocenters. The maximum absolute atomic E-state index is 12.0. The third kappa shape index (κ3) is 3.39. The molecule has 2 rings (SSSR count). The van der Waals surface area contributed by atoms with Crippen LogP contribution in [-0.2, 0) is 0 Å². The fourth-order valence-electron chi connectivity index (χ4n) is 1.63. The van der Waals surface area contributed by atoms with Gasteiger partial charge in [0.25, 0.3) is 5.91 Å². The summed E-state index contributed by atoms with van der Waals surface area (Å²) in [4.78, 5) is 16.4. The van der Waals surface area contributed by atoms with E-state index >= 15 is 0 Å². The average molecular weight is 276 g/mol. The second kappa shape index (κ2) is 5.95. The molecule has 0 bridgehead atoms. The lowest BCUT2D eigenvalue weighted by Crippen LogP contribution is -2.34. The van der Waals surface area contributed by atoms with Crippen molar-refractivity contribution in [3.63, 3.8) is 0 Å². The Balaban J connectivity index is 2.22. The molecule has 0 aliphatic rings. The molecule has 5 heteroatoms. The van der Waals surface area contributed by atoms with Crippen LogP contribution in [0.3, 0.4) is 0 Å². The fraction of sp³-hybridized carbons (Fsp3) is 0.286. The van der Waals surface area contributed by atoms with Gasteiger partial charge in [0.1, 0.15) is 5.01 Å². The molecule has 0 spiro atoms. The summed E-state index contributed by atoms with van der Waals surface area (Å²) in [7, 11) is 0. The monoisotopic (exact) mass is 276 g/mol. The van der Waals surface area contributed by atoms with Crippen LogP contribution in [0, 0.1) is 6.92 Å². The number of aliphatic hydroxyl groups excluding tert-OH is 1. The van der Waals surface area contributed by atoms with Crippen molar-refractivity contribution in [2.24, 2.45) is 0 Å². The second-order valence-electron chi connectivity index (χ2n) is 4.43. The Morgan fingerprint density at radius 2 is 2.32 bits per heavy atom. The van der Waals surface area contributed by atoms with Gasteiger partial charge < -0.3 is 10.4 Å². The van der Waals surface area contributed by atoms with Crippen LogP contribution in [-0.4, -0.2) is 28.6 Å². The largest absolute Gasteiger partial charge is 0.394 e. The number of nitrogens with zero attached hydrogens (tertiary/aromatic N) is 1. The highest BCUT2D eigenvalue weighted by atomic mass is 32.1. The quantitative estimate of drug-likeness (QED) is 0.900. The van der Waals surface area contributed by atoms with Gasteiger partial charge in [0, 0.05) is 28.2 Å². The molecule has 19 heavy (non-hydrogen) atoms. The number of carbonyl (C=O) groups is 1. The van der Waals surface area contributed by atoms with Crippen LogP contribution in [0.25, 0.3) is 10.6 Å². The van der Waals surface area contributed by atoms with Crippen molar-refractivity contribution in [2.75, 3.05) is 6.61 Å². The van der Waals surface area contributed by atoms with Crippen molar-refractivity contribution >= 4 is 17.2 Å². The molecule has 0 saturated heterocycles. The highest BCUT2D eigenvalue weighted by Gasteiger charge is 2.10. The van der Waals surface area contributed by atoms with Crippen LogP contribution in [0.4, 0.5) is 0 Å². The van der Waals surface area contributed by atoms with E-state index in [9.17, 15) is 4.79 Å². The maximum Gasteiger partial charge on any atom is 0.251 e. The molecule has 1 aromatic heterocycles. The summed E-state index contributed by atoms with van der Waals surface area (Å²) in [5, 5.41) is 14.6. The number of hydrogen-bond acceptors (Lipinski definition) is 4. The SMILES string of the molecule is Cc1csc(-c2cccc(C(=O)NC(C)CO)c2)n1. The van der Waals surface area contributed by atoms with Gasteiger partial charge in [0.15, 0.2) is 0 Å². The Morgan fingerprint density at radius 3 is 2.95 bits per heavy atom. The van der Waals surface area contributed by atoms with E-state index in [-0.39, 0.29) is 18.6 Å². The molecule has 0 radical (unpaired) electrons. The summed E-state index contributed by atoms with van der Waals surface area (Å²) in [6.07, 6.45) is 0. The predicted octanol–water partition coefficient (Wildman–Crippen LogP) is 2.23. The Labute approximate surface area is 116 Å². The van der Waals surface area contributed by atoms with Crippen LogP contribution >= 0.6 is 11.3 Å². The summed E-state index contributed by atoms with van der Waals surface area (Å²) >= 11 is 1.56. The number of amides is 1. The summed E-state index contributed by atoms with van der Waals surface area (Å²) in [6.45, 7) is 3.63. The molecule has 1 aromatic carbocycles. The van der Waals surface area contributed by atoms with Gasteiger partial charge in [0.2, 0.25) is 0 Å². The Hall–Kier alpha value is -1.72. The van der Waals surface area contributed by atoms with E-state index < -0.39 is 0 Å². The summed E-state index contributed by atoms with van der Waals surface area (Å²) in [6, 6.07) is 7.09. The van der Waals surface area contributed by atoms with Crippen LogP contribution in [0.5, 0.6) is 0 Å². The lowest BCUT2D eigenvalue weighted by molar-refractivity contribution is 0.0922. The van der Waals surface area contributed by atoms with Crippen LogP contribution in [0.2, 0.25) is 0 Å². The van der Waals surface area contributed by atoms with Crippen LogP contribution in [0.15, 0.2) is 29.6 Å². The van der Waals surface area contributed by atoms with E-state index in [1.165, 1.54) is 0 Å². The van der Waals surface area contributed by atoms with E-state index in [0.717, 1.165) is 16.3 Å². The van der Waals surface area contributed by atoms with Gasteiger partial charge in [0.05, 0.1) is 6.61 Å². The number of aliphatic hydroxyl groups is 1. The zero-order valence-electron chi connectivity index (χ0n) is 10.9. The first-order valence-corrected chi connectivity index (χ1v) is 6.92. The Kier molecular flexibility index (Phi) is 4.29. The van der Waals surface area contributed by atoms with Crippen molar-refractivity contribution in [2.45, 2.75) is 19.9 Å². The third-order valence-electron chi connectivity index (χ3n) is 2.64. The number of benzene rings is 1. The van der Waals surface area contributed by atoms with E-state index in [1.54, 1.807) is 24.3 Å². The molecule has 2 N–H and O–H groups in total. The molecule has 1 amide bonds. The summed E-state index contributed by atoms with van der Waals surface area (Å²) in [5.74, 6) is -0.184. The van der Waals surface area contributed by atoms with Gasteiger partial charge in [-0.25, -0.2) is 4.98 Å². The van der Waals surface area contributed by atoms with Crippen molar-refractivity contribution < 1.29 is 9.90 Å². The molecular weight excluding hydrogens is 260 g/mol. The molecule has 1 heterocycles. The molecule has 2 aromatic rings. The number of aryl methyl sites for hydroxylation is 1. The summed E-state index contributed by atoms with van der Waals surface area (Å²) < 4.78 is 0. The number of thiazole rings is 1. The van der Waals surface area contributed by atoms with Crippen LogP contribution < -0.4 is 5.32 Å². The first-order chi connectivity index (χ1) is 9.10. The second-order valence-corrected chi connectivity index (χ2v) is 5.29. The minimum atomic E-state index is -0.252. The van der Waals surface area contributed by atoms with E-state index in [0.29, 0.717) is 5.56 Å². The topological polar surface area (TPSA) is 62.2 Å². The molecular formula is C14H16N2O2S. The molecule has 0 saturated carbocycles. The number of aromatic nitrogens is 1. The third-order valence-corrected chi connectivity index (χ3v) is 3.65. The number of nitrogens with one attached hydrogen (secondary N) is 1. The summed E-state index contributed by atoms with van der Waals surface area (Å²) in [5.41, 5.74) is 2.48. The Bertz CT molecular complexity index is 580. The molecule has 100 valence electrons. The van der Waals surface area contributed by atoms with Gasteiger partial charge in [-0.15, -0.1) is 11.3 Å². The fourth-order valence-corrected chi connectivity index (χ4v) is 2.43. The number of rotatable bonds is 4. The number of hydrogen-bond donors (Lipinski definition) is 2. The van der Waals surface area contributed by atoms with Gasteiger partial charge in [-0.2, -0.15) is 0 Å². The van der Waals surface area contributed by atoms with Gasteiger partial charge in [-0.3, -0.25) is 4.79 Å². The minimum Gasteiger partial charge on any atom is -0.394 e. The Morgan fingerprint density at radius 1 is 1.53 bits per heavy atom. The zero-order chi connectivity index (χ0) is 13.8. The number of carbonyl (C=O) groups excluding carboxylic acids is 1. The molecule has 4 nitrogen and oxygen atoms in total. The standard InChI is InChI=1S/C14H16N2O2S/c1-9(7-17)15-13(18)11-4-3-5-12(6-11)14-16-10(2)8-19-14/h3-6,8-9,17H,7H2,1-2H3,(H,15,18). The van der Waals surface area contributed by atoms with Crippen molar-refractivity contribution in [1.29, 1.82) is 0 Å². The normalized spacial score (nSPS) is 12.2. The first-order valence-electron chi connectivity index (χ1n) is 6.04. The molecule has 0 aliphatic carbocycles. The van der Waals surface area contributed by atoms with Crippen molar-refractivity contribution in [3.8, 4) is 10.6 Å². The maximum atomic E-state index is 12.0. The molecule has 0 fully saturated rings. The van der Waals surface area contributed by atoms with Crippen LogP contribution in [0.1, 0.15) is 23.0 Å². The van der Waals surface area contributed by atoms with E-state index in [2.05, 4.69) is 10.3 Å². The van der Waals surface area contributed by atoms with Gasteiger partial charge >= 0.3 is 0 Å². The predicted molar refractivity (Wildman–Crippen MR) is 76.3 cm³/mol. The van der Waals surface area contributed by atoms with Crippen molar-refractivity contribution in [3.05, 3.63) is 40.9 Å². The highest BCUT2D eigenvalue weighted by Crippen LogP contribution is 2.24. The minimum absolute atomic E-state index is 0.0723. The highest BCUT2D eigenvalue weighted by molar-refractivity contribution is 7.13. The van der Waals surface area contributed by atoms with E-state index in [4.69, 9.17) is 5.11 Å². The lowest BCUT2D eigenvalue weighted by Gasteiger charge is -2.11. The zero-order valence-corrected chi connectivity index (χ0v) is 11.7. The average Bonchev–Trinajstić information content (AvgIpc) is 2.85. The molecule has 1 atom stereocenters.